The van der Waals surface area contributed by atoms with Crippen molar-refractivity contribution in [1.82, 2.24) is 5.32 Å². The third-order valence-electron chi connectivity index (χ3n) is 4.78. The summed E-state index contributed by atoms with van der Waals surface area (Å²) in [4.78, 5) is 0. The topological polar surface area (TPSA) is 21.3 Å². The average molecular weight is 391 g/mol. The van der Waals surface area contributed by atoms with Crippen molar-refractivity contribution in [3.05, 3.63) is 28.2 Å². The molecule has 1 aliphatic heterocycles. The van der Waals surface area contributed by atoms with Crippen LogP contribution in [0.5, 0.6) is 5.75 Å². The van der Waals surface area contributed by atoms with Crippen LogP contribution in [-0.4, -0.2) is 19.7 Å². The smallest absolute Gasteiger partial charge is 0.133 e. The lowest BCUT2D eigenvalue weighted by Crippen LogP contribution is -2.30. The van der Waals surface area contributed by atoms with Crippen molar-refractivity contribution >= 4 is 28.3 Å². The van der Waals surface area contributed by atoms with Gasteiger partial charge >= 0.3 is 0 Å². The lowest BCUT2D eigenvalue weighted by molar-refractivity contribution is 0.253. The van der Waals surface area contributed by atoms with Crippen LogP contribution < -0.4 is 10.1 Å². The summed E-state index contributed by atoms with van der Waals surface area (Å²) in [6.07, 6.45) is 4.91. The molecule has 1 aromatic carbocycles. The Hall–Kier alpha value is -0.250. The molecule has 0 bridgehead atoms. The zero-order valence-corrected chi connectivity index (χ0v) is 16.4. The van der Waals surface area contributed by atoms with E-state index in [0.717, 1.165) is 42.1 Å². The van der Waals surface area contributed by atoms with Crippen molar-refractivity contribution in [3.63, 3.8) is 0 Å². The maximum absolute atomic E-state index is 5.97. The van der Waals surface area contributed by atoms with Gasteiger partial charge in [-0.3, -0.25) is 0 Å². The number of hydrogen-bond donors (Lipinski definition) is 1. The van der Waals surface area contributed by atoms with Gasteiger partial charge in [0.15, 0.2) is 0 Å². The Kier molecular flexibility index (Phi) is 8.23. The van der Waals surface area contributed by atoms with E-state index in [1.54, 1.807) is 0 Å². The lowest BCUT2D eigenvalue weighted by Gasteiger charge is -2.24. The monoisotopic (exact) mass is 389 g/mol. The van der Waals surface area contributed by atoms with Gasteiger partial charge in [-0.1, -0.05) is 26.8 Å². The van der Waals surface area contributed by atoms with Crippen LogP contribution in [0, 0.1) is 5.92 Å². The molecule has 1 fully saturated rings. The maximum Gasteiger partial charge on any atom is 0.133 e. The van der Waals surface area contributed by atoms with Gasteiger partial charge in [-0.05, 0) is 83.7 Å². The Labute approximate surface area is 149 Å². The maximum atomic E-state index is 5.97. The summed E-state index contributed by atoms with van der Waals surface area (Å²) in [6, 6.07) is 6.52. The van der Waals surface area contributed by atoms with Crippen LogP contribution >= 0.6 is 28.3 Å². The summed E-state index contributed by atoms with van der Waals surface area (Å²) in [5, 5.41) is 3.46. The molecule has 0 saturated carbocycles. The molecule has 0 radical (unpaired) electrons. The first-order valence-electron chi connectivity index (χ1n) is 8.16. The third kappa shape index (κ3) is 5.43. The summed E-state index contributed by atoms with van der Waals surface area (Å²) in [6.45, 7) is 9.93. The molecular weight excluding hydrogens is 362 g/mol. The Morgan fingerprint density at radius 2 is 2.14 bits per heavy atom. The van der Waals surface area contributed by atoms with Crippen LogP contribution in [0.2, 0.25) is 0 Å². The fourth-order valence-corrected chi connectivity index (χ4v) is 3.24. The highest BCUT2D eigenvalue weighted by Crippen LogP contribution is 2.33. The Bertz CT molecular complexity index is 458. The lowest BCUT2D eigenvalue weighted by atomic mass is 9.82. The number of rotatable bonds is 6. The second-order valence-electron chi connectivity index (χ2n) is 6.73. The molecule has 1 heterocycles. The predicted molar refractivity (Wildman–Crippen MR) is 100 cm³/mol. The fourth-order valence-electron chi connectivity index (χ4n) is 2.75. The fraction of sp³-hybridized carbons (Fsp3) is 0.667. The van der Waals surface area contributed by atoms with E-state index in [0.29, 0.717) is 0 Å². The molecule has 1 aliphatic rings. The Morgan fingerprint density at radius 1 is 1.36 bits per heavy atom. The number of ether oxygens (including phenoxy) is 1. The Balaban J connectivity index is 0.00000242. The molecule has 4 heteroatoms. The molecular formula is C18H29BrClNO. The van der Waals surface area contributed by atoms with Crippen molar-refractivity contribution in [2.24, 2.45) is 5.92 Å². The van der Waals surface area contributed by atoms with Crippen LogP contribution in [0.3, 0.4) is 0 Å². The third-order valence-corrected chi connectivity index (χ3v) is 5.40. The van der Waals surface area contributed by atoms with Gasteiger partial charge in [0.05, 0.1) is 11.1 Å². The molecule has 0 aliphatic carbocycles. The minimum atomic E-state index is 0. The van der Waals surface area contributed by atoms with E-state index < -0.39 is 0 Å². The van der Waals surface area contributed by atoms with E-state index in [-0.39, 0.29) is 17.8 Å². The molecule has 1 N–H and O–H groups in total. The van der Waals surface area contributed by atoms with Gasteiger partial charge in [-0.2, -0.15) is 0 Å². The van der Waals surface area contributed by atoms with E-state index in [2.05, 4.69) is 60.2 Å². The van der Waals surface area contributed by atoms with Gasteiger partial charge < -0.3 is 10.1 Å². The number of hydrogen-bond acceptors (Lipinski definition) is 2. The van der Waals surface area contributed by atoms with Gasteiger partial charge in [0.2, 0.25) is 0 Å². The molecule has 22 heavy (non-hydrogen) atoms. The van der Waals surface area contributed by atoms with Crippen LogP contribution in [-0.2, 0) is 5.41 Å². The van der Waals surface area contributed by atoms with E-state index in [1.807, 2.05) is 0 Å². The first kappa shape index (κ1) is 19.8. The van der Waals surface area contributed by atoms with Crippen LogP contribution in [0.25, 0.3) is 0 Å². The molecule has 0 spiro atoms. The first-order valence-corrected chi connectivity index (χ1v) is 8.96. The van der Waals surface area contributed by atoms with Crippen LogP contribution in [0.4, 0.5) is 0 Å². The van der Waals surface area contributed by atoms with Gasteiger partial charge in [0.25, 0.3) is 0 Å². The minimum Gasteiger partial charge on any atom is -0.492 e. The largest absolute Gasteiger partial charge is 0.492 e. The van der Waals surface area contributed by atoms with E-state index >= 15 is 0 Å². The normalized spacial score (nSPS) is 18.6. The zero-order chi connectivity index (χ0) is 15.3. The van der Waals surface area contributed by atoms with Crippen molar-refractivity contribution < 1.29 is 4.74 Å². The Morgan fingerprint density at radius 3 is 2.73 bits per heavy atom. The highest BCUT2D eigenvalue weighted by atomic mass is 79.9. The van der Waals surface area contributed by atoms with E-state index in [1.165, 1.54) is 24.9 Å². The number of halogens is 2. The summed E-state index contributed by atoms with van der Waals surface area (Å²) in [5.74, 6) is 1.74. The molecule has 2 nitrogen and oxygen atoms in total. The van der Waals surface area contributed by atoms with Gasteiger partial charge in [0.1, 0.15) is 5.75 Å². The summed E-state index contributed by atoms with van der Waals surface area (Å²) in [7, 11) is 0. The molecule has 0 amide bonds. The molecule has 1 aromatic rings. The van der Waals surface area contributed by atoms with Gasteiger partial charge in [-0.25, -0.2) is 0 Å². The van der Waals surface area contributed by atoms with E-state index in [4.69, 9.17) is 4.74 Å². The summed E-state index contributed by atoms with van der Waals surface area (Å²) >= 11 is 3.66. The highest BCUT2D eigenvalue weighted by molar-refractivity contribution is 9.10. The van der Waals surface area contributed by atoms with Gasteiger partial charge in [-0.15, -0.1) is 12.4 Å². The minimum absolute atomic E-state index is 0. The molecule has 1 saturated heterocycles. The van der Waals surface area contributed by atoms with Crippen molar-refractivity contribution in [2.75, 3.05) is 19.7 Å². The number of nitrogens with one attached hydrogen (secondary N) is 1. The highest BCUT2D eigenvalue weighted by Gasteiger charge is 2.19. The number of benzene rings is 1. The molecule has 2 rings (SSSR count). The average Bonchev–Trinajstić information content (AvgIpc) is 2.50. The first-order chi connectivity index (χ1) is 10.0. The SMILES string of the molecule is CCC(C)(C)c1ccc(OCCC2CCCNC2)c(Br)c1.Cl. The molecule has 1 atom stereocenters. The van der Waals surface area contributed by atoms with Crippen molar-refractivity contribution in [3.8, 4) is 5.75 Å². The van der Waals surface area contributed by atoms with Crippen LogP contribution in [0.15, 0.2) is 22.7 Å². The van der Waals surface area contributed by atoms with Gasteiger partial charge in [0, 0.05) is 0 Å². The summed E-state index contributed by atoms with van der Waals surface area (Å²) < 4.78 is 7.04. The molecule has 126 valence electrons. The van der Waals surface area contributed by atoms with Crippen LogP contribution in [0.1, 0.15) is 52.0 Å². The second-order valence-corrected chi connectivity index (χ2v) is 7.59. The predicted octanol–water partition coefficient (Wildman–Crippen LogP) is 5.33. The standard InChI is InChI=1S/C18H28BrNO.ClH/c1-4-18(2,3)15-7-8-17(16(19)12-15)21-11-9-14-6-5-10-20-13-14;/h7-8,12,14,20H,4-6,9-11,13H2,1-3H3;1H. The quantitative estimate of drug-likeness (QED) is 0.709. The summed E-state index contributed by atoms with van der Waals surface area (Å²) in [5.41, 5.74) is 1.58. The van der Waals surface area contributed by atoms with Crippen molar-refractivity contribution in [1.29, 1.82) is 0 Å². The molecule has 1 unspecified atom stereocenters. The van der Waals surface area contributed by atoms with E-state index in [9.17, 15) is 0 Å². The number of piperidine rings is 1. The molecule has 0 aromatic heterocycles. The second kappa shape index (κ2) is 9.14. The van der Waals surface area contributed by atoms with Crippen molar-refractivity contribution in [2.45, 2.75) is 51.9 Å². The zero-order valence-electron chi connectivity index (χ0n) is 14.0.